The van der Waals surface area contributed by atoms with Gasteiger partial charge in [-0.05, 0) is 24.3 Å². The van der Waals surface area contributed by atoms with E-state index in [9.17, 15) is 13.2 Å². The number of benzene rings is 1. The lowest BCUT2D eigenvalue weighted by atomic mass is 10.3. The van der Waals surface area contributed by atoms with Crippen LogP contribution in [0, 0.1) is 0 Å². The zero-order chi connectivity index (χ0) is 15.3. The Bertz CT molecular complexity index is 431. The Morgan fingerprint density at radius 2 is 1.57 bits per heavy atom. The van der Waals surface area contributed by atoms with Gasteiger partial charge in [-0.1, -0.05) is 11.6 Å². The zero-order valence-electron chi connectivity index (χ0n) is 11.6. The fourth-order valence-electron chi connectivity index (χ4n) is 2.25. The molecule has 1 saturated heterocycles. The lowest BCUT2D eigenvalue weighted by molar-refractivity contribution is -0.149. The maximum atomic E-state index is 12.3. The molecule has 0 N–H and O–H groups in total. The van der Waals surface area contributed by atoms with E-state index in [2.05, 4.69) is 4.90 Å². The van der Waals surface area contributed by atoms with Gasteiger partial charge in [0, 0.05) is 37.7 Å². The van der Waals surface area contributed by atoms with Gasteiger partial charge >= 0.3 is 6.18 Å². The average Bonchev–Trinajstić information content (AvgIpc) is 2.41. The van der Waals surface area contributed by atoms with Crippen LogP contribution in [0.5, 0.6) is 5.75 Å². The SMILES string of the molecule is FC(F)(F)CN1CCN(CCOc2ccc(Cl)cc2)CC1. The van der Waals surface area contributed by atoms with Crippen molar-refractivity contribution in [3.8, 4) is 5.75 Å². The number of ether oxygens (including phenoxy) is 1. The summed E-state index contributed by atoms with van der Waals surface area (Å²) in [7, 11) is 0. The van der Waals surface area contributed by atoms with Gasteiger partial charge in [0.2, 0.25) is 0 Å². The Labute approximate surface area is 127 Å². The summed E-state index contributed by atoms with van der Waals surface area (Å²) >= 11 is 5.78. The van der Waals surface area contributed by atoms with Gasteiger partial charge in [-0.25, -0.2) is 0 Å². The van der Waals surface area contributed by atoms with E-state index in [0.29, 0.717) is 44.4 Å². The molecule has 3 nitrogen and oxygen atoms in total. The lowest BCUT2D eigenvalue weighted by Crippen LogP contribution is -2.49. The number of piperazine rings is 1. The van der Waals surface area contributed by atoms with E-state index >= 15 is 0 Å². The number of halogens is 4. The number of nitrogens with zero attached hydrogens (tertiary/aromatic N) is 2. The normalized spacial score (nSPS) is 17.9. The molecule has 0 radical (unpaired) electrons. The largest absolute Gasteiger partial charge is 0.492 e. The van der Waals surface area contributed by atoms with Crippen LogP contribution in [-0.2, 0) is 0 Å². The first-order valence-corrected chi connectivity index (χ1v) is 7.20. The second-order valence-corrected chi connectivity index (χ2v) is 5.47. The third kappa shape index (κ3) is 6.11. The van der Waals surface area contributed by atoms with Crippen LogP contribution in [0.4, 0.5) is 13.2 Å². The summed E-state index contributed by atoms with van der Waals surface area (Å²) in [6, 6.07) is 7.10. The van der Waals surface area contributed by atoms with Gasteiger partial charge < -0.3 is 4.74 Å². The monoisotopic (exact) mass is 322 g/mol. The van der Waals surface area contributed by atoms with Crippen LogP contribution >= 0.6 is 11.6 Å². The van der Waals surface area contributed by atoms with Crippen molar-refractivity contribution < 1.29 is 17.9 Å². The Kier molecular flexibility index (Phi) is 5.72. The molecule has 2 rings (SSSR count). The van der Waals surface area contributed by atoms with E-state index in [0.717, 1.165) is 5.75 Å². The highest BCUT2D eigenvalue weighted by Crippen LogP contribution is 2.18. The first-order chi connectivity index (χ1) is 9.92. The van der Waals surface area contributed by atoms with E-state index in [1.165, 1.54) is 4.90 Å². The highest BCUT2D eigenvalue weighted by Gasteiger charge is 2.31. The molecule has 0 unspecified atom stereocenters. The quantitative estimate of drug-likeness (QED) is 0.829. The minimum Gasteiger partial charge on any atom is -0.492 e. The molecule has 1 fully saturated rings. The number of rotatable bonds is 5. The Morgan fingerprint density at radius 3 is 2.14 bits per heavy atom. The third-order valence-electron chi connectivity index (χ3n) is 3.36. The summed E-state index contributed by atoms with van der Waals surface area (Å²) in [4.78, 5) is 3.55. The number of hydrogen-bond donors (Lipinski definition) is 0. The molecular formula is C14H18ClF3N2O. The summed E-state index contributed by atoms with van der Waals surface area (Å²) in [6.45, 7) is 2.58. The maximum Gasteiger partial charge on any atom is 0.401 e. The summed E-state index contributed by atoms with van der Waals surface area (Å²) in [6.07, 6.45) is -4.11. The van der Waals surface area contributed by atoms with E-state index in [1.54, 1.807) is 24.3 Å². The number of hydrogen-bond acceptors (Lipinski definition) is 3. The van der Waals surface area contributed by atoms with Crippen LogP contribution in [0.25, 0.3) is 0 Å². The van der Waals surface area contributed by atoms with Crippen LogP contribution in [0.1, 0.15) is 0 Å². The molecule has 0 atom stereocenters. The average molecular weight is 323 g/mol. The van der Waals surface area contributed by atoms with Gasteiger partial charge in [-0.15, -0.1) is 0 Å². The summed E-state index contributed by atoms with van der Waals surface area (Å²) < 4.78 is 42.4. The van der Waals surface area contributed by atoms with Gasteiger partial charge in [0.05, 0.1) is 6.54 Å². The molecule has 0 bridgehead atoms. The molecule has 21 heavy (non-hydrogen) atoms. The molecule has 7 heteroatoms. The van der Waals surface area contributed by atoms with Crippen LogP contribution in [0.15, 0.2) is 24.3 Å². The molecule has 0 amide bonds. The Hall–Kier alpha value is -0.980. The molecular weight excluding hydrogens is 305 g/mol. The van der Waals surface area contributed by atoms with Crippen molar-refractivity contribution in [2.75, 3.05) is 45.9 Å². The minimum atomic E-state index is -4.11. The van der Waals surface area contributed by atoms with Crippen LogP contribution in [-0.4, -0.2) is 61.9 Å². The zero-order valence-corrected chi connectivity index (χ0v) is 12.3. The molecule has 0 spiro atoms. The van der Waals surface area contributed by atoms with Gasteiger partial charge in [0.15, 0.2) is 0 Å². The van der Waals surface area contributed by atoms with E-state index in [-0.39, 0.29) is 0 Å². The second-order valence-electron chi connectivity index (χ2n) is 5.04. The molecule has 1 aliphatic heterocycles. The molecule has 0 aliphatic carbocycles. The molecule has 1 aliphatic rings. The van der Waals surface area contributed by atoms with Gasteiger partial charge in [-0.3, -0.25) is 9.80 Å². The van der Waals surface area contributed by atoms with Gasteiger partial charge in [0.1, 0.15) is 12.4 Å². The van der Waals surface area contributed by atoms with Crippen molar-refractivity contribution in [3.05, 3.63) is 29.3 Å². The third-order valence-corrected chi connectivity index (χ3v) is 3.61. The summed E-state index contributed by atoms with van der Waals surface area (Å²) in [5, 5.41) is 0.656. The highest BCUT2D eigenvalue weighted by molar-refractivity contribution is 6.30. The molecule has 1 aromatic carbocycles. The Balaban J connectivity index is 1.64. The molecule has 0 aromatic heterocycles. The molecule has 0 saturated carbocycles. The summed E-state index contributed by atoms with van der Waals surface area (Å²) in [5.74, 6) is 0.745. The lowest BCUT2D eigenvalue weighted by Gasteiger charge is -2.34. The summed E-state index contributed by atoms with van der Waals surface area (Å²) in [5.41, 5.74) is 0. The van der Waals surface area contributed by atoms with Crippen molar-refractivity contribution in [1.29, 1.82) is 0 Å². The van der Waals surface area contributed by atoms with Crippen LogP contribution in [0.3, 0.4) is 0 Å². The molecule has 1 aromatic rings. The minimum absolute atomic E-state index is 0.445. The van der Waals surface area contributed by atoms with Crippen molar-refractivity contribution >= 4 is 11.6 Å². The topological polar surface area (TPSA) is 15.7 Å². The van der Waals surface area contributed by atoms with E-state index in [1.807, 2.05) is 0 Å². The van der Waals surface area contributed by atoms with Crippen LogP contribution < -0.4 is 4.74 Å². The predicted molar refractivity (Wildman–Crippen MR) is 75.9 cm³/mol. The second kappa shape index (κ2) is 7.33. The Morgan fingerprint density at radius 1 is 1.00 bits per heavy atom. The van der Waals surface area contributed by atoms with E-state index < -0.39 is 12.7 Å². The van der Waals surface area contributed by atoms with Crippen molar-refractivity contribution in [3.63, 3.8) is 0 Å². The first kappa shape index (κ1) is 16.4. The van der Waals surface area contributed by atoms with Crippen molar-refractivity contribution in [1.82, 2.24) is 9.80 Å². The highest BCUT2D eigenvalue weighted by atomic mass is 35.5. The van der Waals surface area contributed by atoms with Crippen LogP contribution in [0.2, 0.25) is 5.02 Å². The van der Waals surface area contributed by atoms with Gasteiger partial charge in [0.25, 0.3) is 0 Å². The van der Waals surface area contributed by atoms with Crippen molar-refractivity contribution in [2.24, 2.45) is 0 Å². The fourth-order valence-corrected chi connectivity index (χ4v) is 2.37. The standard InChI is InChI=1S/C14H18ClF3N2O/c15-12-1-3-13(4-2-12)21-10-9-19-5-7-20(8-6-19)11-14(16,17)18/h1-4H,5-11H2. The smallest absolute Gasteiger partial charge is 0.401 e. The predicted octanol–water partition coefficient (Wildman–Crippen LogP) is 2.90. The molecule has 1 heterocycles. The molecule has 118 valence electrons. The maximum absolute atomic E-state index is 12.3. The van der Waals surface area contributed by atoms with E-state index in [4.69, 9.17) is 16.3 Å². The first-order valence-electron chi connectivity index (χ1n) is 6.82. The fraction of sp³-hybridized carbons (Fsp3) is 0.571. The number of alkyl halides is 3. The van der Waals surface area contributed by atoms with Gasteiger partial charge in [-0.2, -0.15) is 13.2 Å². The van der Waals surface area contributed by atoms with Crippen molar-refractivity contribution in [2.45, 2.75) is 6.18 Å².